The van der Waals surface area contributed by atoms with Gasteiger partial charge in [0.1, 0.15) is 17.2 Å². The van der Waals surface area contributed by atoms with Crippen molar-refractivity contribution in [2.75, 3.05) is 21.3 Å². The summed E-state index contributed by atoms with van der Waals surface area (Å²) in [5.41, 5.74) is 6.91. The van der Waals surface area contributed by atoms with Gasteiger partial charge >= 0.3 is 15.6 Å². The third kappa shape index (κ3) is 6.52. The first-order valence-electron chi connectivity index (χ1n) is 13.7. The molecule has 0 saturated carbocycles. The van der Waals surface area contributed by atoms with Crippen molar-refractivity contribution >= 4 is 10.1 Å². The summed E-state index contributed by atoms with van der Waals surface area (Å²) >= 11 is 0. The normalized spacial score (nSPS) is 12.0. The van der Waals surface area contributed by atoms with Crippen molar-refractivity contribution in [3.05, 3.63) is 114 Å². The van der Waals surface area contributed by atoms with Gasteiger partial charge in [-0.15, -0.1) is 0 Å². The van der Waals surface area contributed by atoms with E-state index in [2.05, 4.69) is 66.7 Å². The topological polar surface area (TPSA) is 82.1 Å². The van der Waals surface area contributed by atoms with Gasteiger partial charge in [0, 0.05) is 0 Å². The van der Waals surface area contributed by atoms with Crippen molar-refractivity contribution in [3.63, 3.8) is 0 Å². The van der Waals surface area contributed by atoms with E-state index in [1.165, 1.54) is 44.5 Å². The molecule has 45 heavy (non-hydrogen) atoms. The van der Waals surface area contributed by atoms with Crippen LogP contribution in [0.2, 0.25) is 0 Å². The summed E-state index contributed by atoms with van der Waals surface area (Å²) in [5, 5.41) is 0. The van der Waals surface area contributed by atoms with E-state index in [1.807, 2.05) is 36.4 Å². The molecule has 0 atom stereocenters. The van der Waals surface area contributed by atoms with E-state index >= 15 is 0 Å². The van der Waals surface area contributed by atoms with E-state index in [-0.39, 0.29) is 0 Å². The lowest BCUT2D eigenvalue weighted by molar-refractivity contribution is -0.0510. The third-order valence-corrected chi connectivity index (χ3v) is 8.15. The number of methoxy groups -OCH3 is 3. The summed E-state index contributed by atoms with van der Waals surface area (Å²) < 4.78 is 73.9. The number of fused-ring (bicyclic) bond motifs is 3. The highest BCUT2D eigenvalue weighted by molar-refractivity contribution is 7.86. The van der Waals surface area contributed by atoms with E-state index in [4.69, 9.17) is 27.2 Å². The third-order valence-electron chi connectivity index (χ3n) is 7.56. The van der Waals surface area contributed by atoms with Crippen LogP contribution >= 0.6 is 0 Å². The van der Waals surface area contributed by atoms with Gasteiger partial charge in [-0.25, -0.2) is 0 Å². The molecular formula is C35H29F3O6S. The minimum atomic E-state index is -5.84. The average molecular weight is 635 g/mol. The summed E-state index contributed by atoms with van der Waals surface area (Å²) in [6.07, 6.45) is 0.902. The second-order valence-electron chi connectivity index (χ2n) is 10.1. The van der Waals surface area contributed by atoms with Gasteiger partial charge in [0.05, 0.1) is 21.3 Å². The molecule has 6 rings (SSSR count). The Morgan fingerprint density at radius 3 is 1.47 bits per heavy atom. The molecule has 0 bridgehead atoms. The van der Waals surface area contributed by atoms with Gasteiger partial charge < -0.3 is 14.2 Å². The average Bonchev–Trinajstić information content (AvgIpc) is 3.42. The standard InChI is InChI=1S/C34H28O3.CHF3O3S/c1-35-26-14-8-22(9-15-26)30-21-31-29-7-5-4-6-25(29)20-32(31)34(24-12-18-28(37-3)19-13-24)33(30)23-10-16-27(36-2)17-11-23;2-1(3,4)8(5,6)7/h4-19,21H,20H2,1-3H3;(H,5,6,7). The van der Waals surface area contributed by atoms with Crippen LogP contribution in [0.4, 0.5) is 13.2 Å². The molecule has 6 nitrogen and oxygen atoms in total. The van der Waals surface area contributed by atoms with Crippen LogP contribution in [0.1, 0.15) is 11.1 Å². The first-order valence-corrected chi connectivity index (χ1v) is 15.1. The Bertz CT molecular complexity index is 1920. The Hall–Kier alpha value is -4.80. The maximum Gasteiger partial charge on any atom is 0.522 e. The predicted octanol–water partition coefficient (Wildman–Crippen LogP) is 8.68. The fraction of sp³-hybridized carbons (Fsp3) is 0.143. The molecule has 10 heteroatoms. The molecule has 1 aliphatic carbocycles. The van der Waals surface area contributed by atoms with E-state index < -0.39 is 15.6 Å². The van der Waals surface area contributed by atoms with Crippen molar-refractivity contribution < 1.29 is 40.4 Å². The van der Waals surface area contributed by atoms with Gasteiger partial charge in [-0.05, 0) is 105 Å². The molecule has 1 aliphatic rings. The van der Waals surface area contributed by atoms with Gasteiger partial charge in [0.25, 0.3) is 0 Å². The van der Waals surface area contributed by atoms with Crippen LogP contribution in [-0.4, -0.2) is 39.8 Å². The lowest BCUT2D eigenvalue weighted by atomic mass is 9.82. The van der Waals surface area contributed by atoms with E-state index in [0.29, 0.717) is 0 Å². The van der Waals surface area contributed by atoms with Gasteiger partial charge in [0.15, 0.2) is 0 Å². The van der Waals surface area contributed by atoms with Crippen molar-refractivity contribution in [1.29, 1.82) is 0 Å². The summed E-state index contributed by atoms with van der Waals surface area (Å²) in [6, 6.07) is 36.3. The number of alkyl halides is 3. The van der Waals surface area contributed by atoms with E-state index in [0.717, 1.165) is 34.8 Å². The highest BCUT2D eigenvalue weighted by atomic mass is 32.2. The number of hydrogen-bond acceptors (Lipinski definition) is 5. The van der Waals surface area contributed by atoms with Crippen LogP contribution in [0.3, 0.4) is 0 Å². The fourth-order valence-corrected chi connectivity index (χ4v) is 5.41. The van der Waals surface area contributed by atoms with Crippen LogP contribution in [-0.2, 0) is 16.5 Å². The second kappa shape index (κ2) is 12.7. The van der Waals surface area contributed by atoms with Gasteiger partial charge in [0.2, 0.25) is 0 Å². The molecule has 1 N–H and O–H groups in total. The highest BCUT2D eigenvalue weighted by Crippen LogP contribution is 2.50. The molecule has 5 aromatic rings. The van der Waals surface area contributed by atoms with Crippen molar-refractivity contribution in [2.45, 2.75) is 11.9 Å². The molecule has 232 valence electrons. The summed E-state index contributed by atoms with van der Waals surface area (Å²) in [6.45, 7) is 0. The molecular weight excluding hydrogens is 605 g/mol. The SMILES string of the molecule is COc1ccc(-c2cc3c(c(-c4ccc(OC)cc4)c2-c2ccc(OC)cc2)Cc2ccccc2-3)cc1.O=S(=O)(O)C(F)(F)F. The molecule has 0 heterocycles. The van der Waals surface area contributed by atoms with Crippen LogP contribution in [0, 0.1) is 0 Å². The van der Waals surface area contributed by atoms with Crippen molar-refractivity contribution in [2.24, 2.45) is 0 Å². The molecule has 0 unspecified atom stereocenters. The van der Waals surface area contributed by atoms with E-state index in [9.17, 15) is 13.2 Å². The minimum Gasteiger partial charge on any atom is -0.497 e. The Labute approximate surface area is 259 Å². The molecule has 0 amide bonds. The predicted molar refractivity (Wildman–Crippen MR) is 168 cm³/mol. The molecule has 0 saturated heterocycles. The van der Waals surface area contributed by atoms with Crippen molar-refractivity contribution in [1.82, 2.24) is 0 Å². The lowest BCUT2D eigenvalue weighted by Crippen LogP contribution is -2.21. The number of hydrogen-bond donors (Lipinski definition) is 1. The Morgan fingerprint density at radius 2 is 1.02 bits per heavy atom. The first-order chi connectivity index (χ1) is 21.4. The maximum absolute atomic E-state index is 10.7. The monoisotopic (exact) mass is 634 g/mol. The zero-order chi connectivity index (χ0) is 32.4. The number of rotatable bonds is 6. The molecule has 0 fully saturated rings. The van der Waals surface area contributed by atoms with Gasteiger partial charge in [-0.2, -0.15) is 21.6 Å². The largest absolute Gasteiger partial charge is 0.522 e. The smallest absolute Gasteiger partial charge is 0.497 e. The van der Waals surface area contributed by atoms with Crippen LogP contribution in [0.25, 0.3) is 44.5 Å². The summed E-state index contributed by atoms with van der Waals surface area (Å²) in [4.78, 5) is 0. The maximum atomic E-state index is 10.7. The van der Waals surface area contributed by atoms with Crippen LogP contribution in [0.15, 0.2) is 103 Å². The molecule has 0 radical (unpaired) electrons. The fourth-order valence-electron chi connectivity index (χ4n) is 5.41. The highest BCUT2D eigenvalue weighted by Gasteiger charge is 2.44. The van der Waals surface area contributed by atoms with E-state index in [1.54, 1.807) is 21.3 Å². The molecule has 5 aromatic carbocycles. The summed E-state index contributed by atoms with van der Waals surface area (Å²) in [5.74, 6) is 2.53. The second-order valence-corrected chi connectivity index (χ2v) is 11.6. The lowest BCUT2D eigenvalue weighted by Gasteiger charge is -2.21. The quantitative estimate of drug-likeness (QED) is 0.146. The number of ether oxygens (including phenoxy) is 3. The van der Waals surface area contributed by atoms with Crippen LogP contribution < -0.4 is 14.2 Å². The minimum absolute atomic E-state index is 0.842. The Balaban J connectivity index is 0.000000444. The molecule has 0 aliphatic heterocycles. The Kier molecular flexibility index (Phi) is 8.90. The Morgan fingerprint density at radius 1 is 0.600 bits per heavy atom. The number of benzene rings is 5. The number of halogens is 3. The summed E-state index contributed by atoms with van der Waals surface area (Å²) in [7, 11) is -0.734. The molecule has 0 aromatic heterocycles. The van der Waals surface area contributed by atoms with Crippen LogP contribution in [0.5, 0.6) is 17.2 Å². The van der Waals surface area contributed by atoms with Gasteiger partial charge in [-0.3, -0.25) is 4.55 Å². The van der Waals surface area contributed by atoms with Gasteiger partial charge in [-0.1, -0.05) is 60.7 Å². The molecule has 0 spiro atoms. The zero-order valence-corrected chi connectivity index (χ0v) is 25.4. The van der Waals surface area contributed by atoms with Crippen molar-refractivity contribution in [3.8, 4) is 61.8 Å². The first kappa shape index (κ1) is 31.6. The zero-order valence-electron chi connectivity index (χ0n) is 24.6.